The van der Waals surface area contributed by atoms with Gasteiger partial charge in [0.1, 0.15) is 0 Å². The van der Waals surface area contributed by atoms with Crippen molar-refractivity contribution in [2.24, 2.45) is 4.99 Å². The fraction of sp³-hybridized carbons (Fsp3) is 0.364. The molecule has 12 heavy (non-hydrogen) atoms. The molecule has 1 aromatic rings. The summed E-state index contributed by atoms with van der Waals surface area (Å²) in [6.45, 7) is 3.14. The van der Waals surface area contributed by atoms with Crippen LogP contribution >= 0.6 is 0 Å². The normalized spacial score (nSPS) is 15.2. The number of benzene rings is 1. The number of hydrogen-bond donors (Lipinski definition) is 0. The van der Waals surface area contributed by atoms with Crippen molar-refractivity contribution < 1.29 is 0 Å². The fourth-order valence-electron chi connectivity index (χ4n) is 1.72. The summed E-state index contributed by atoms with van der Waals surface area (Å²) in [7, 11) is 0. The van der Waals surface area contributed by atoms with E-state index in [9.17, 15) is 0 Å². The highest BCUT2D eigenvalue weighted by atomic mass is 14.7. The van der Waals surface area contributed by atoms with E-state index in [0.717, 1.165) is 19.4 Å². The maximum Gasteiger partial charge on any atom is 0.0433 e. The third-order valence-corrected chi connectivity index (χ3v) is 2.35. The monoisotopic (exact) mass is 159 g/mol. The summed E-state index contributed by atoms with van der Waals surface area (Å²) in [4.78, 5) is 4.51. The Bertz CT molecular complexity index is 313. The molecule has 1 heterocycles. The Labute approximate surface area is 73.1 Å². The number of rotatable bonds is 1. The quantitative estimate of drug-likeness (QED) is 0.596. The minimum absolute atomic E-state index is 0.972. The van der Waals surface area contributed by atoms with Crippen LogP contribution in [0.15, 0.2) is 29.3 Å². The van der Waals surface area contributed by atoms with Gasteiger partial charge in [0.2, 0.25) is 0 Å². The van der Waals surface area contributed by atoms with Crippen LogP contribution in [0.3, 0.4) is 0 Å². The molecule has 62 valence electrons. The van der Waals surface area contributed by atoms with Crippen LogP contribution < -0.4 is 0 Å². The van der Waals surface area contributed by atoms with E-state index >= 15 is 0 Å². The third-order valence-electron chi connectivity index (χ3n) is 2.35. The lowest BCUT2D eigenvalue weighted by Gasteiger charge is -2.14. The van der Waals surface area contributed by atoms with Crippen molar-refractivity contribution in [2.45, 2.75) is 19.8 Å². The molecule has 1 heteroatoms. The van der Waals surface area contributed by atoms with Crippen LogP contribution in [0.4, 0.5) is 0 Å². The van der Waals surface area contributed by atoms with Gasteiger partial charge >= 0.3 is 0 Å². The molecule has 0 radical (unpaired) electrons. The standard InChI is InChI=1S/C11H13N/c1-2-11-10-6-4-3-5-9(10)7-8-12-11/h3-6H,2,7-8H2,1H3. The molecule has 1 aliphatic heterocycles. The first kappa shape index (κ1) is 7.53. The number of hydrogen-bond acceptors (Lipinski definition) is 1. The zero-order valence-electron chi connectivity index (χ0n) is 7.38. The predicted molar refractivity (Wildman–Crippen MR) is 51.8 cm³/mol. The van der Waals surface area contributed by atoms with E-state index in [1.807, 2.05) is 0 Å². The first-order chi connectivity index (χ1) is 5.92. The van der Waals surface area contributed by atoms with Crippen molar-refractivity contribution in [3.8, 4) is 0 Å². The highest BCUT2D eigenvalue weighted by Crippen LogP contribution is 2.16. The second-order valence-electron chi connectivity index (χ2n) is 3.09. The molecule has 0 aromatic heterocycles. The molecule has 0 unspecified atom stereocenters. The molecule has 0 atom stereocenters. The number of nitrogens with zero attached hydrogens (tertiary/aromatic N) is 1. The highest BCUT2D eigenvalue weighted by Gasteiger charge is 2.10. The van der Waals surface area contributed by atoms with Gasteiger partial charge in [-0.05, 0) is 24.0 Å². The molecule has 2 rings (SSSR count). The van der Waals surface area contributed by atoms with Gasteiger partial charge in [-0.1, -0.05) is 31.2 Å². The van der Waals surface area contributed by atoms with Crippen molar-refractivity contribution in [2.75, 3.05) is 6.54 Å². The average molecular weight is 159 g/mol. The third kappa shape index (κ3) is 1.15. The van der Waals surface area contributed by atoms with Gasteiger partial charge in [0.15, 0.2) is 0 Å². The summed E-state index contributed by atoms with van der Waals surface area (Å²) in [5.41, 5.74) is 4.10. The van der Waals surface area contributed by atoms with Crippen LogP contribution in [-0.4, -0.2) is 12.3 Å². The van der Waals surface area contributed by atoms with Crippen LogP contribution in [0.2, 0.25) is 0 Å². The second-order valence-corrected chi connectivity index (χ2v) is 3.09. The van der Waals surface area contributed by atoms with Crippen molar-refractivity contribution >= 4 is 5.71 Å². The van der Waals surface area contributed by atoms with Gasteiger partial charge in [0.05, 0.1) is 0 Å². The molecule has 0 spiro atoms. The van der Waals surface area contributed by atoms with E-state index in [2.05, 4.69) is 36.2 Å². The number of aliphatic imine (C=N–C) groups is 1. The van der Waals surface area contributed by atoms with Gasteiger partial charge in [-0.3, -0.25) is 4.99 Å². The van der Waals surface area contributed by atoms with Crippen LogP contribution in [0.5, 0.6) is 0 Å². The number of fused-ring (bicyclic) bond motifs is 1. The molecule has 1 aliphatic rings. The minimum Gasteiger partial charge on any atom is -0.289 e. The Balaban J connectivity index is 2.48. The van der Waals surface area contributed by atoms with Gasteiger partial charge in [-0.15, -0.1) is 0 Å². The summed E-state index contributed by atoms with van der Waals surface area (Å²) in [5.74, 6) is 0. The van der Waals surface area contributed by atoms with E-state index in [4.69, 9.17) is 0 Å². The van der Waals surface area contributed by atoms with E-state index in [1.165, 1.54) is 16.8 Å². The zero-order valence-corrected chi connectivity index (χ0v) is 7.38. The topological polar surface area (TPSA) is 12.4 Å². The van der Waals surface area contributed by atoms with Crippen LogP contribution in [0, 0.1) is 0 Å². The molecule has 0 bridgehead atoms. The predicted octanol–water partition coefficient (Wildman–Crippen LogP) is 2.44. The Morgan fingerprint density at radius 1 is 1.33 bits per heavy atom. The largest absolute Gasteiger partial charge is 0.289 e. The molecule has 0 aliphatic carbocycles. The summed E-state index contributed by atoms with van der Waals surface area (Å²) in [6.07, 6.45) is 2.16. The SMILES string of the molecule is CCC1=NCCc2ccccc21. The van der Waals surface area contributed by atoms with Gasteiger partial charge < -0.3 is 0 Å². The lowest BCUT2D eigenvalue weighted by molar-refractivity contribution is 0.931. The van der Waals surface area contributed by atoms with Gasteiger partial charge in [0, 0.05) is 12.3 Å². The second kappa shape index (κ2) is 3.10. The summed E-state index contributed by atoms with van der Waals surface area (Å²) >= 11 is 0. The fourth-order valence-corrected chi connectivity index (χ4v) is 1.72. The zero-order chi connectivity index (χ0) is 8.39. The van der Waals surface area contributed by atoms with Gasteiger partial charge in [0.25, 0.3) is 0 Å². The van der Waals surface area contributed by atoms with Crippen LogP contribution in [0.1, 0.15) is 24.5 Å². The van der Waals surface area contributed by atoms with Crippen molar-refractivity contribution in [3.05, 3.63) is 35.4 Å². The van der Waals surface area contributed by atoms with Crippen molar-refractivity contribution in [1.82, 2.24) is 0 Å². The van der Waals surface area contributed by atoms with Gasteiger partial charge in [-0.25, -0.2) is 0 Å². The Hall–Kier alpha value is -1.11. The van der Waals surface area contributed by atoms with Crippen molar-refractivity contribution in [1.29, 1.82) is 0 Å². The molecular weight excluding hydrogens is 146 g/mol. The molecule has 0 fully saturated rings. The van der Waals surface area contributed by atoms with E-state index in [0.29, 0.717) is 0 Å². The van der Waals surface area contributed by atoms with Crippen LogP contribution in [-0.2, 0) is 6.42 Å². The molecule has 1 aromatic carbocycles. The molecule has 1 nitrogen and oxygen atoms in total. The molecule has 0 saturated carbocycles. The molecule has 0 N–H and O–H groups in total. The Kier molecular flexibility index (Phi) is 1.94. The van der Waals surface area contributed by atoms with E-state index in [1.54, 1.807) is 0 Å². The first-order valence-electron chi connectivity index (χ1n) is 4.53. The molecular formula is C11H13N. The Morgan fingerprint density at radius 3 is 3.00 bits per heavy atom. The minimum atomic E-state index is 0.972. The van der Waals surface area contributed by atoms with Gasteiger partial charge in [-0.2, -0.15) is 0 Å². The maximum absolute atomic E-state index is 4.51. The highest BCUT2D eigenvalue weighted by molar-refractivity contribution is 6.02. The van der Waals surface area contributed by atoms with Crippen molar-refractivity contribution in [3.63, 3.8) is 0 Å². The lowest BCUT2D eigenvalue weighted by Crippen LogP contribution is -2.11. The lowest BCUT2D eigenvalue weighted by atomic mass is 9.97. The van der Waals surface area contributed by atoms with Crippen LogP contribution in [0.25, 0.3) is 0 Å². The van der Waals surface area contributed by atoms with E-state index < -0.39 is 0 Å². The molecule has 0 saturated heterocycles. The summed E-state index contributed by atoms with van der Waals surface area (Å²) in [6, 6.07) is 8.59. The van der Waals surface area contributed by atoms with E-state index in [-0.39, 0.29) is 0 Å². The summed E-state index contributed by atoms with van der Waals surface area (Å²) in [5, 5.41) is 0. The summed E-state index contributed by atoms with van der Waals surface area (Å²) < 4.78 is 0. The Morgan fingerprint density at radius 2 is 2.17 bits per heavy atom. The first-order valence-corrected chi connectivity index (χ1v) is 4.53. The maximum atomic E-state index is 4.51. The molecule has 0 amide bonds. The smallest absolute Gasteiger partial charge is 0.0433 e. The average Bonchev–Trinajstić information content (AvgIpc) is 2.17.